The van der Waals surface area contributed by atoms with Crippen molar-refractivity contribution in [3.63, 3.8) is 0 Å². The van der Waals surface area contributed by atoms with Crippen molar-refractivity contribution in [1.82, 2.24) is 0 Å². The average Bonchev–Trinajstić information content (AvgIpc) is 2.87. The zero-order valence-corrected chi connectivity index (χ0v) is 21.0. The molecule has 0 spiro atoms. The molecule has 5 rings (SSSR count). The molecule has 11 heteroatoms. The smallest absolute Gasteiger partial charge is 0.202 e. The van der Waals surface area contributed by atoms with Gasteiger partial charge in [-0.1, -0.05) is 12.1 Å². The summed E-state index contributed by atoms with van der Waals surface area (Å²) in [6.45, 7) is 1.26. The Bertz CT molecular complexity index is 1300. The molecule has 204 valence electrons. The molecule has 11 nitrogen and oxygen atoms in total. The van der Waals surface area contributed by atoms with Gasteiger partial charge in [0.1, 0.15) is 17.2 Å². The molecule has 1 fully saturated rings. The first-order valence-electron chi connectivity index (χ1n) is 12.5. The van der Waals surface area contributed by atoms with Crippen LogP contribution in [-0.4, -0.2) is 81.0 Å². The normalized spacial score (nSPS) is 30.4. The highest BCUT2D eigenvalue weighted by atomic mass is 16.7. The van der Waals surface area contributed by atoms with E-state index in [0.29, 0.717) is 0 Å². The van der Waals surface area contributed by atoms with Gasteiger partial charge >= 0.3 is 0 Å². The minimum absolute atomic E-state index is 0.0165. The maximum Gasteiger partial charge on any atom is 0.202 e. The molecule has 38 heavy (non-hydrogen) atoms. The van der Waals surface area contributed by atoms with Crippen LogP contribution in [0.2, 0.25) is 0 Å². The van der Waals surface area contributed by atoms with Gasteiger partial charge in [0.2, 0.25) is 5.78 Å². The first-order valence-corrected chi connectivity index (χ1v) is 12.5. The quantitative estimate of drug-likeness (QED) is 0.257. The first kappa shape index (κ1) is 26.5. The number of benzene rings is 2. The van der Waals surface area contributed by atoms with Crippen LogP contribution in [0.1, 0.15) is 75.3 Å². The number of phenolic OH excluding ortho intramolecular Hbond substituents is 2. The summed E-state index contributed by atoms with van der Waals surface area (Å²) in [6.07, 6.45) is -3.89. The standard InChI is InChI=1S/C27H31NO10/c1-11-22(30)14(28)8-17(37-11)38-16-10-27(35,6-7-29)9-13-19(16)26(34)21-20(24(13)32)23(31)12-4-3-5-15(36-2)18(12)25(21)33/h3-5,11,14,16-17,22,29-30,32,34-35H,6-10,28H2,1-2H3/t11-,14-,16-,17+,22-,27-/m0/s1. The third-order valence-electron chi connectivity index (χ3n) is 7.80. The van der Waals surface area contributed by atoms with Gasteiger partial charge in [0.05, 0.1) is 47.7 Å². The molecule has 1 heterocycles. The first-order chi connectivity index (χ1) is 18.0. The Morgan fingerprint density at radius 2 is 1.84 bits per heavy atom. The van der Waals surface area contributed by atoms with Gasteiger partial charge < -0.3 is 45.5 Å². The fourth-order valence-corrected chi connectivity index (χ4v) is 5.86. The maximum absolute atomic E-state index is 13.6. The highest BCUT2D eigenvalue weighted by molar-refractivity contribution is 6.31. The lowest BCUT2D eigenvalue weighted by Crippen LogP contribution is -2.52. The second-order valence-corrected chi connectivity index (χ2v) is 10.2. The fraction of sp³-hybridized carbons (Fsp3) is 0.481. The predicted octanol–water partition coefficient (Wildman–Crippen LogP) is 0.822. The number of methoxy groups -OCH3 is 1. The molecule has 7 N–H and O–H groups in total. The number of rotatable bonds is 5. The van der Waals surface area contributed by atoms with Gasteiger partial charge in [-0.2, -0.15) is 0 Å². The average molecular weight is 530 g/mol. The minimum atomic E-state index is -1.56. The number of fused-ring (bicyclic) bond motifs is 3. The summed E-state index contributed by atoms with van der Waals surface area (Å²) >= 11 is 0. The van der Waals surface area contributed by atoms with E-state index in [9.17, 15) is 35.1 Å². The molecule has 2 aromatic carbocycles. The second-order valence-electron chi connectivity index (χ2n) is 10.2. The van der Waals surface area contributed by atoms with Gasteiger partial charge in [0, 0.05) is 48.6 Å². The van der Waals surface area contributed by atoms with Crippen LogP contribution >= 0.6 is 0 Å². The summed E-state index contributed by atoms with van der Waals surface area (Å²) in [5.41, 5.74) is 3.79. The number of aromatic hydroxyl groups is 2. The number of aliphatic hydroxyl groups is 3. The number of carbonyl (C=O) groups is 2. The number of nitrogens with two attached hydrogens (primary N) is 1. The molecule has 3 aliphatic rings. The summed E-state index contributed by atoms with van der Waals surface area (Å²) in [6, 6.07) is 3.84. The molecule has 0 unspecified atom stereocenters. The second kappa shape index (κ2) is 9.60. The van der Waals surface area contributed by atoms with E-state index in [1.165, 1.54) is 19.2 Å². The van der Waals surface area contributed by atoms with E-state index in [0.717, 1.165) is 0 Å². The third kappa shape index (κ3) is 4.06. The van der Waals surface area contributed by atoms with Crippen LogP contribution in [0.4, 0.5) is 0 Å². The van der Waals surface area contributed by atoms with Crippen molar-refractivity contribution in [2.75, 3.05) is 13.7 Å². The van der Waals surface area contributed by atoms with Crippen LogP contribution in [0.15, 0.2) is 18.2 Å². The van der Waals surface area contributed by atoms with E-state index >= 15 is 0 Å². The van der Waals surface area contributed by atoms with Gasteiger partial charge in [-0.05, 0) is 19.4 Å². The molecule has 1 aliphatic heterocycles. The van der Waals surface area contributed by atoms with E-state index in [1.54, 1.807) is 13.0 Å². The number of aliphatic hydroxyl groups excluding tert-OH is 2. The van der Waals surface area contributed by atoms with E-state index in [2.05, 4.69) is 0 Å². The highest BCUT2D eigenvalue weighted by Crippen LogP contribution is 2.52. The van der Waals surface area contributed by atoms with Gasteiger partial charge in [-0.3, -0.25) is 9.59 Å². The molecule has 2 aliphatic carbocycles. The van der Waals surface area contributed by atoms with Crippen LogP contribution in [0.3, 0.4) is 0 Å². The van der Waals surface area contributed by atoms with Crippen LogP contribution < -0.4 is 10.5 Å². The SMILES string of the molecule is COc1cccc2c1C(=O)c1c(O)c3c(c(O)c1C2=O)C[C@@](O)(CCO)C[C@@H]3O[C@@H]1C[C@H](N)[C@@H](O)[C@H](C)O1. The Morgan fingerprint density at radius 3 is 2.50 bits per heavy atom. The zero-order chi connectivity index (χ0) is 27.5. The Labute approximate surface area is 218 Å². The van der Waals surface area contributed by atoms with E-state index in [-0.39, 0.29) is 71.4 Å². The number of hydrogen-bond acceptors (Lipinski definition) is 11. The number of ketones is 2. The molecule has 0 aromatic heterocycles. The Balaban J connectivity index is 1.66. The number of hydrogen-bond donors (Lipinski definition) is 6. The van der Waals surface area contributed by atoms with Crippen LogP contribution in [0.5, 0.6) is 17.2 Å². The lowest BCUT2D eigenvalue weighted by atomic mass is 9.72. The largest absolute Gasteiger partial charge is 0.507 e. The summed E-state index contributed by atoms with van der Waals surface area (Å²) < 4.78 is 17.2. The van der Waals surface area contributed by atoms with Crippen LogP contribution in [0.25, 0.3) is 0 Å². The molecule has 6 atom stereocenters. The summed E-state index contributed by atoms with van der Waals surface area (Å²) in [7, 11) is 1.35. The molecule has 0 radical (unpaired) electrons. The molecule has 0 amide bonds. The summed E-state index contributed by atoms with van der Waals surface area (Å²) in [5.74, 6) is -2.33. The molecule has 0 bridgehead atoms. The van der Waals surface area contributed by atoms with Crippen molar-refractivity contribution in [2.45, 2.75) is 68.9 Å². The number of carbonyl (C=O) groups excluding carboxylic acids is 2. The van der Waals surface area contributed by atoms with E-state index in [4.69, 9.17) is 19.9 Å². The number of ether oxygens (including phenoxy) is 3. The van der Waals surface area contributed by atoms with Gasteiger partial charge in [-0.15, -0.1) is 0 Å². The van der Waals surface area contributed by atoms with Crippen molar-refractivity contribution in [3.8, 4) is 17.2 Å². The van der Waals surface area contributed by atoms with Gasteiger partial charge in [0.25, 0.3) is 0 Å². The monoisotopic (exact) mass is 529 g/mol. The van der Waals surface area contributed by atoms with Gasteiger partial charge in [-0.25, -0.2) is 0 Å². The van der Waals surface area contributed by atoms with Crippen molar-refractivity contribution < 1.29 is 49.3 Å². The summed E-state index contributed by atoms with van der Waals surface area (Å²) in [5, 5.41) is 53.9. The highest BCUT2D eigenvalue weighted by Gasteiger charge is 2.47. The third-order valence-corrected chi connectivity index (χ3v) is 7.80. The van der Waals surface area contributed by atoms with Gasteiger partial charge in [0.15, 0.2) is 12.1 Å². The molecule has 2 aromatic rings. The fourth-order valence-electron chi connectivity index (χ4n) is 5.86. The van der Waals surface area contributed by atoms with Crippen LogP contribution in [-0.2, 0) is 15.9 Å². The number of phenols is 2. The maximum atomic E-state index is 13.6. The molecular weight excluding hydrogens is 498 g/mol. The molecule has 0 saturated carbocycles. The van der Waals surface area contributed by atoms with E-state index < -0.39 is 59.3 Å². The Morgan fingerprint density at radius 1 is 1.13 bits per heavy atom. The topological polar surface area (TPSA) is 189 Å². The molecule has 1 saturated heterocycles. The van der Waals surface area contributed by atoms with E-state index in [1.807, 2.05) is 0 Å². The summed E-state index contributed by atoms with van der Waals surface area (Å²) in [4.78, 5) is 27.1. The van der Waals surface area contributed by atoms with Crippen molar-refractivity contribution >= 4 is 11.6 Å². The lowest BCUT2D eigenvalue weighted by molar-refractivity contribution is -0.248. The van der Waals surface area contributed by atoms with Crippen molar-refractivity contribution in [1.29, 1.82) is 0 Å². The minimum Gasteiger partial charge on any atom is -0.507 e. The molecular formula is C27H31NO10. The van der Waals surface area contributed by atoms with Crippen LogP contribution in [0, 0.1) is 0 Å². The van der Waals surface area contributed by atoms with Crippen molar-refractivity contribution in [3.05, 3.63) is 51.6 Å². The lowest BCUT2D eigenvalue weighted by Gasteiger charge is -2.42. The predicted molar refractivity (Wildman–Crippen MR) is 131 cm³/mol. The Kier molecular flexibility index (Phi) is 6.70. The van der Waals surface area contributed by atoms with Crippen molar-refractivity contribution in [2.24, 2.45) is 5.73 Å². The zero-order valence-electron chi connectivity index (χ0n) is 21.0. The Hall–Kier alpha value is -3.06.